The SMILES string of the molecule is O=C(Cc1cccc(F)c1)NCc1ccc(C#CCO)s1. The van der Waals surface area contributed by atoms with Crippen molar-refractivity contribution in [3.63, 3.8) is 0 Å². The molecule has 0 fully saturated rings. The van der Waals surface area contributed by atoms with Gasteiger partial charge in [0.05, 0.1) is 17.8 Å². The van der Waals surface area contributed by atoms with Crippen LogP contribution >= 0.6 is 11.3 Å². The summed E-state index contributed by atoms with van der Waals surface area (Å²) < 4.78 is 13.0. The lowest BCUT2D eigenvalue weighted by atomic mass is 10.1. The summed E-state index contributed by atoms with van der Waals surface area (Å²) in [5.41, 5.74) is 0.646. The van der Waals surface area contributed by atoms with Crippen LogP contribution in [-0.4, -0.2) is 17.6 Å². The Balaban J connectivity index is 1.85. The lowest BCUT2D eigenvalue weighted by molar-refractivity contribution is -0.120. The van der Waals surface area contributed by atoms with Gasteiger partial charge in [-0.3, -0.25) is 4.79 Å². The Kier molecular flexibility index (Phi) is 5.50. The maximum atomic E-state index is 13.0. The summed E-state index contributed by atoms with van der Waals surface area (Å²) in [6.45, 7) is 0.247. The topological polar surface area (TPSA) is 49.3 Å². The fourth-order valence-corrected chi connectivity index (χ4v) is 2.57. The number of benzene rings is 1. The molecular formula is C16H14FNO2S. The summed E-state index contributed by atoms with van der Waals surface area (Å²) in [6, 6.07) is 9.74. The van der Waals surface area contributed by atoms with E-state index in [0.717, 1.165) is 9.75 Å². The van der Waals surface area contributed by atoms with Gasteiger partial charge in [0.2, 0.25) is 5.91 Å². The van der Waals surface area contributed by atoms with Crippen molar-refractivity contribution in [3.05, 3.63) is 57.5 Å². The van der Waals surface area contributed by atoms with Crippen molar-refractivity contribution in [2.75, 3.05) is 6.61 Å². The summed E-state index contributed by atoms with van der Waals surface area (Å²) >= 11 is 1.46. The van der Waals surface area contributed by atoms with E-state index in [0.29, 0.717) is 12.1 Å². The second-order valence-corrected chi connectivity index (χ2v) is 5.48. The molecule has 0 saturated carbocycles. The van der Waals surface area contributed by atoms with Gasteiger partial charge in [-0.05, 0) is 29.8 Å². The van der Waals surface area contributed by atoms with E-state index in [4.69, 9.17) is 5.11 Å². The fraction of sp³-hybridized carbons (Fsp3) is 0.188. The normalized spacial score (nSPS) is 9.81. The zero-order valence-electron chi connectivity index (χ0n) is 11.2. The molecule has 0 saturated heterocycles. The van der Waals surface area contributed by atoms with Crippen LogP contribution in [0.5, 0.6) is 0 Å². The first-order chi connectivity index (χ1) is 10.2. The molecule has 21 heavy (non-hydrogen) atoms. The quantitative estimate of drug-likeness (QED) is 0.850. The number of hydrogen-bond donors (Lipinski definition) is 2. The molecule has 0 aliphatic rings. The van der Waals surface area contributed by atoms with Crippen LogP contribution in [0.2, 0.25) is 0 Å². The smallest absolute Gasteiger partial charge is 0.224 e. The van der Waals surface area contributed by atoms with Gasteiger partial charge in [0.1, 0.15) is 12.4 Å². The van der Waals surface area contributed by atoms with Crippen molar-refractivity contribution in [1.82, 2.24) is 5.32 Å². The van der Waals surface area contributed by atoms with E-state index in [1.807, 2.05) is 12.1 Å². The van der Waals surface area contributed by atoms with Gasteiger partial charge in [-0.2, -0.15) is 0 Å². The first kappa shape index (κ1) is 15.2. The molecule has 0 aliphatic heterocycles. The van der Waals surface area contributed by atoms with Gasteiger partial charge >= 0.3 is 0 Å². The molecule has 0 atom stereocenters. The molecule has 3 nitrogen and oxygen atoms in total. The van der Waals surface area contributed by atoms with E-state index in [1.54, 1.807) is 12.1 Å². The lowest BCUT2D eigenvalue weighted by Gasteiger charge is -2.04. The summed E-state index contributed by atoms with van der Waals surface area (Å²) in [5.74, 6) is 4.89. The monoisotopic (exact) mass is 303 g/mol. The first-order valence-electron chi connectivity index (χ1n) is 6.37. The number of amides is 1. The third kappa shape index (κ3) is 5.03. The average molecular weight is 303 g/mol. The van der Waals surface area contributed by atoms with Crippen molar-refractivity contribution < 1.29 is 14.3 Å². The van der Waals surface area contributed by atoms with E-state index < -0.39 is 0 Å². The van der Waals surface area contributed by atoms with E-state index >= 15 is 0 Å². The van der Waals surface area contributed by atoms with Crippen LogP contribution in [-0.2, 0) is 17.8 Å². The summed E-state index contributed by atoms with van der Waals surface area (Å²) in [5, 5.41) is 11.4. The van der Waals surface area contributed by atoms with Crippen molar-refractivity contribution >= 4 is 17.2 Å². The highest BCUT2D eigenvalue weighted by atomic mass is 32.1. The maximum absolute atomic E-state index is 13.0. The second-order valence-electron chi connectivity index (χ2n) is 4.31. The minimum Gasteiger partial charge on any atom is -0.384 e. The van der Waals surface area contributed by atoms with Gasteiger partial charge in [-0.25, -0.2) is 4.39 Å². The van der Waals surface area contributed by atoms with E-state index in [2.05, 4.69) is 17.2 Å². The van der Waals surface area contributed by atoms with Crippen LogP contribution in [0, 0.1) is 17.7 Å². The average Bonchev–Trinajstić information content (AvgIpc) is 2.91. The molecule has 0 radical (unpaired) electrons. The molecule has 108 valence electrons. The number of nitrogens with one attached hydrogen (secondary N) is 1. The number of aliphatic hydroxyl groups excluding tert-OH is 1. The van der Waals surface area contributed by atoms with E-state index in [1.165, 1.54) is 23.5 Å². The Bertz CT molecular complexity index is 685. The van der Waals surface area contributed by atoms with Crippen LogP contribution in [0.25, 0.3) is 0 Å². The Morgan fingerprint density at radius 2 is 2.19 bits per heavy atom. The minimum absolute atomic E-state index is 0.153. The Morgan fingerprint density at radius 1 is 1.33 bits per heavy atom. The van der Waals surface area contributed by atoms with E-state index in [9.17, 15) is 9.18 Å². The van der Waals surface area contributed by atoms with Crippen molar-refractivity contribution in [3.8, 4) is 11.8 Å². The summed E-state index contributed by atoms with van der Waals surface area (Å²) in [6.07, 6.45) is 0.153. The number of thiophene rings is 1. The molecule has 1 aromatic carbocycles. The molecule has 1 amide bonds. The molecule has 1 heterocycles. The molecule has 0 spiro atoms. The molecule has 2 N–H and O–H groups in total. The van der Waals surface area contributed by atoms with Gasteiger partial charge in [-0.15, -0.1) is 11.3 Å². The van der Waals surface area contributed by atoms with Crippen LogP contribution in [0.4, 0.5) is 4.39 Å². The molecule has 2 rings (SSSR count). The van der Waals surface area contributed by atoms with Crippen molar-refractivity contribution in [2.24, 2.45) is 0 Å². The van der Waals surface area contributed by atoms with Gasteiger partial charge in [0.15, 0.2) is 0 Å². The summed E-state index contributed by atoms with van der Waals surface area (Å²) in [4.78, 5) is 13.6. The minimum atomic E-state index is -0.342. The number of carbonyl (C=O) groups excluding carboxylic acids is 1. The van der Waals surface area contributed by atoms with Crippen molar-refractivity contribution in [1.29, 1.82) is 0 Å². The highest BCUT2D eigenvalue weighted by Gasteiger charge is 2.05. The third-order valence-electron chi connectivity index (χ3n) is 2.67. The molecule has 0 bridgehead atoms. The predicted octanol–water partition coefficient (Wildman–Crippen LogP) is 2.09. The molecule has 0 aliphatic carbocycles. The van der Waals surface area contributed by atoms with Gasteiger partial charge in [0.25, 0.3) is 0 Å². The van der Waals surface area contributed by atoms with E-state index in [-0.39, 0.29) is 24.8 Å². The van der Waals surface area contributed by atoms with Gasteiger partial charge in [-0.1, -0.05) is 24.0 Å². The lowest BCUT2D eigenvalue weighted by Crippen LogP contribution is -2.24. The number of halogens is 1. The Hall–Kier alpha value is -2.16. The molecule has 1 aromatic heterocycles. The van der Waals surface area contributed by atoms with Crippen LogP contribution < -0.4 is 5.32 Å². The Morgan fingerprint density at radius 3 is 2.95 bits per heavy atom. The van der Waals surface area contributed by atoms with Gasteiger partial charge < -0.3 is 10.4 Å². The van der Waals surface area contributed by atoms with Crippen LogP contribution in [0.15, 0.2) is 36.4 Å². The highest BCUT2D eigenvalue weighted by Crippen LogP contribution is 2.15. The molecular weight excluding hydrogens is 289 g/mol. The zero-order chi connectivity index (χ0) is 15.1. The largest absolute Gasteiger partial charge is 0.384 e. The van der Waals surface area contributed by atoms with Crippen LogP contribution in [0.1, 0.15) is 15.3 Å². The van der Waals surface area contributed by atoms with Gasteiger partial charge in [0, 0.05) is 4.88 Å². The number of aliphatic hydroxyl groups is 1. The second kappa shape index (κ2) is 7.58. The summed E-state index contributed by atoms with van der Waals surface area (Å²) in [7, 11) is 0. The molecule has 5 heteroatoms. The fourth-order valence-electron chi connectivity index (χ4n) is 1.75. The molecule has 0 unspecified atom stereocenters. The zero-order valence-corrected chi connectivity index (χ0v) is 12.0. The number of hydrogen-bond acceptors (Lipinski definition) is 3. The highest BCUT2D eigenvalue weighted by molar-refractivity contribution is 7.12. The number of carbonyl (C=O) groups is 1. The maximum Gasteiger partial charge on any atom is 0.224 e. The third-order valence-corrected chi connectivity index (χ3v) is 3.67. The van der Waals surface area contributed by atoms with Crippen molar-refractivity contribution in [2.45, 2.75) is 13.0 Å². The van der Waals surface area contributed by atoms with Crippen LogP contribution in [0.3, 0.4) is 0 Å². The predicted molar refractivity (Wildman–Crippen MR) is 80.2 cm³/mol. The first-order valence-corrected chi connectivity index (χ1v) is 7.18. The Labute approximate surface area is 126 Å². The number of rotatable bonds is 4. The standard InChI is InChI=1S/C16H14FNO2S/c17-13-4-1-3-12(9-13)10-16(20)18-11-15-7-6-14(21-15)5-2-8-19/h1,3-4,6-7,9,19H,8,10-11H2,(H,18,20). The molecule has 2 aromatic rings.